The first-order valence-corrected chi connectivity index (χ1v) is 5.43. The predicted octanol–water partition coefficient (Wildman–Crippen LogP) is 3.58. The predicted molar refractivity (Wildman–Crippen MR) is 65.4 cm³/mol. The van der Waals surface area contributed by atoms with Crippen LogP contribution in [-0.2, 0) is 0 Å². The van der Waals surface area contributed by atoms with Crippen molar-refractivity contribution in [3.8, 4) is 17.0 Å². The molecule has 0 unspecified atom stereocenters. The quantitative estimate of drug-likeness (QED) is 0.827. The number of benzene rings is 1. The molecule has 0 spiro atoms. The molecule has 0 aliphatic carbocycles. The van der Waals surface area contributed by atoms with Crippen molar-refractivity contribution >= 4 is 0 Å². The van der Waals surface area contributed by atoms with Gasteiger partial charge in [-0.25, -0.2) is 0 Å². The second-order valence-electron chi connectivity index (χ2n) is 4.15. The summed E-state index contributed by atoms with van der Waals surface area (Å²) in [5, 5.41) is 9.75. The molecule has 0 fully saturated rings. The zero-order valence-corrected chi connectivity index (χ0v) is 9.51. The van der Waals surface area contributed by atoms with Gasteiger partial charge in [-0.05, 0) is 35.7 Å². The topological polar surface area (TPSA) is 33.1 Å². The molecule has 0 aliphatic heterocycles. The third kappa shape index (κ3) is 2.06. The maximum absolute atomic E-state index is 9.75. The summed E-state index contributed by atoms with van der Waals surface area (Å²) < 4.78 is 0. The maximum atomic E-state index is 9.75. The molecule has 0 aliphatic rings. The summed E-state index contributed by atoms with van der Waals surface area (Å²) in [4.78, 5) is 4.29. The Balaban J connectivity index is 2.49. The molecule has 2 aromatic rings. The molecule has 2 rings (SSSR count). The molecule has 0 saturated carbocycles. The fourth-order valence-electron chi connectivity index (χ4n) is 1.64. The standard InChI is InChI=1S/C14H15NO/c1-10(2)11-7-8-15-13(9-11)12-5-3-4-6-14(12)16/h3-10,16H,1-2H3. The second kappa shape index (κ2) is 4.35. The van der Waals surface area contributed by atoms with Crippen LogP contribution in [0.15, 0.2) is 42.6 Å². The highest BCUT2D eigenvalue weighted by Gasteiger charge is 2.06. The number of rotatable bonds is 2. The van der Waals surface area contributed by atoms with Crippen LogP contribution in [-0.4, -0.2) is 10.1 Å². The van der Waals surface area contributed by atoms with Crippen LogP contribution in [0.1, 0.15) is 25.3 Å². The van der Waals surface area contributed by atoms with Crippen LogP contribution in [0.5, 0.6) is 5.75 Å². The molecule has 1 aromatic carbocycles. The molecular weight excluding hydrogens is 198 g/mol. The van der Waals surface area contributed by atoms with E-state index < -0.39 is 0 Å². The highest BCUT2D eigenvalue weighted by atomic mass is 16.3. The van der Waals surface area contributed by atoms with E-state index in [1.807, 2.05) is 30.3 Å². The minimum atomic E-state index is 0.274. The number of aromatic nitrogens is 1. The van der Waals surface area contributed by atoms with Gasteiger partial charge in [-0.2, -0.15) is 0 Å². The smallest absolute Gasteiger partial charge is 0.124 e. The number of phenols is 1. The van der Waals surface area contributed by atoms with E-state index in [2.05, 4.69) is 18.8 Å². The fraction of sp³-hybridized carbons (Fsp3) is 0.214. The average Bonchev–Trinajstić information content (AvgIpc) is 2.30. The first-order valence-electron chi connectivity index (χ1n) is 5.43. The lowest BCUT2D eigenvalue weighted by Crippen LogP contribution is -1.90. The lowest BCUT2D eigenvalue weighted by atomic mass is 10.0. The van der Waals surface area contributed by atoms with Gasteiger partial charge in [0.15, 0.2) is 0 Å². The Bertz CT molecular complexity index is 492. The highest BCUT2D eigenvalue weighted by molar-refractivity contribution is 5.66. The zero-order chi connectivity index (χ0) is 11.5. The zero-order valence-electron chi connectivity index (χ0n) is 9.51. The van der Waals surface area contributed by atoms with Crippen LogP contribution in [0.3, 0.4) is 0 Å². The third-order valence-corrected chi connectivity index (χ3v) is 2.63. The summed E-state index contributed by atoms with van der Waals surface area (Å²) in [5.41, 5.74) is 2.84. The fourth-order valence-corrected chi connectivity index (χ4v) is 1.64. The Kier molecular flexibility index (Phi) is 2.91. The Morgan fingerprint density at radius 1 is 1.12 bits per heavy atom. The largest absolute Gasteiger partial charge is 0.507 e. The molecule has 2 heteroatoms. The lowest BCUT2D eigenvalue weighted by molar-refractivity contribution is 0.477. The Morgan fingerprint density at radius 3 is 2.56 bits per heavy atom. The summed E-state index contributed by atoms with van der Waals surface area (Å²) in [6.45, 7) is 4.29. The maximum Gasteiger partial charge on any atom is 0.124 e. The number of phenolic OH excluding ortho intramolecular Hbond substituents is 1. The van der Waals surface area contributed by atoms with Gasteiger partial charge in [0.25, 0.3) is 0 Å². The molecule has 1 aromatic heterocycles. The van der Waals surface area contributed by atoms with E-state index in [0.717, 1.165) is 11.3 Å². The normalized spacial score (nSPS) is 10.7. The van der Waals surface area contributed by atoms with Crippen LogP contribution in [0, 0.1) is 0 Å². The number of nitrogens with zero attached hydrogens (tertiary/aromatic N) is 1. The van der Waals surface area contributed by atoms with Crippen molar-refractivity contribution in [2.24, 2.45) is 0 Å². The molecule has 0 amide bonds. The number of hydrogen-bond donors (Lipinski definition) is 1. The van der Waals surface area contributed by atoms with Gasteiger partial charge in [-0.15, -0.1) is 0 Å². The van der Waals surface area contributed by atoms with Crippen molar-refractivity contribution in [3.63, 3.8) is 0 Å². The van der Waals surface area contributed by atoms with Crippen molar-refractivity contribution in [2.75, 3.05) is 0 Å². The van der Waals surface area contributed by atoms with Crippen LogP contribution in [0.25, 0.3) is 11.3 Å². The SMILES string of the molecule is CC(C)c1ccnc(-c2ccccc2O)c1. The number of pyridine rings is 1. The monoisotopic (exact) mass is 213 g/mol. The van der Waals surface area contributed by atoms with E-state index >= 15 is 0 Å². The van der Waals surface area contributed by atoms with Gasteiger partial charge in [0.1, 0.15) is 5.75 Å². The summed E-state index contributed by atoms with van der Waals surface area (Å²) in [5.74, 6) is 0.739. The van der Waals surface area contributed by atoms with Crippen molar-refractivity contribution in [3.05, 3.63) is 48.2 Å². The van der Waals surface area contributed by atoms with Crippen molar-refractivity contribution in [1.82, 2.24) is 4.98 Å². The van der Waals surface area contributed by atoms with Crippen LogP contribution in [0.2, 0.25) is 0 Å². The van der Waals surface area contributed by atoms with Gasteiger partial charge >= 0.3 is 0 Å². The number of aromatic hydroxyl groups is 1. The highest BCUT2D eigenvalue weighted by Crippen LogP contribution is 2.28. The number of para-hydroxylation sites is 1. The van der Waals surface area contributed by atoms with Gasteiger partial charge in [-0.1, -0.05) is 26.0 Å². The molecule has 82 valence electrons. The van der Waals surface area contributed by atoms with E-state index in [1.165, 1.54) is 5.56 Å². The van der Waals surface area contributed by atoms with Gasteiger partial charge in [-0.3, -0.25) is 4.98 Å². The van der Waals surface area contributed by atoms with Crippen LogP contribution < -0.4 is 0 Å². The molecule has 0 radical (unpaired) electrons. The molecular formula is C14H15NO. The Hall–Kier alpha value is -1.83. The first kappa shape index (κ1) is 10.7. The second-order valence-corrected chi connectivity index (χ2v) is 4.15. The number of hydrogen-bond acceptors (Lipinski definition) is 2. The van der Waals surface area contributed by atoms with E-state index in [4.69, 9.17) is 0 Å². The summed E-state index contributed by atoms with van der Waals surface area (Å²) in [7, 11) is 0. The average molecular weight is 213 g/mol. The van der Waals surface area contributed by atoms with E-state index in [9.17, 15) is 5.11 Å². The molecule has 1 N–H and O–H groups in total. The van der Waals surface area contributed by atoms with Crippen molar-refractivity contribution < 1.29 is 5.11 Å². The summed E-state index contributed by atoms with van der Waals surface area (Å²) in [6.07, 6.45) is 1.79. The van der Waals surface area contributed by atoms with Crippen molar-refractivity contribution in [2.45, 2.75) is 19.8 Å². The Morgan fingerprint density at radius 2 is 1.88 bits per heavy atom. The molecule has 2 nitrogen and oxygen atoms in total. The first-order chi connectivity index (χ1) is 7.68. The molecule has 0 bridgehead atoms. The molecule has 16 heavy (non-hydrogen) atoms. The molecule has 0 saturated heterocycles. The van der Waals surface area contributed by atoms with Crippen molar-refractivity contribution in [1.29, 1.82) is 0 Å². The van der Waals surface area contributed by atoms with Crippen LogP contribution >= 0.6 is 0 Å². The van der Waals surface area contributed by atoms with E-state index in [1.54, 1.807) is 12.3 Å². The van der Waals surface area contributed by atoms with Crippen LogP contribution in [0.4, 0.5) is 0 Å². The third-order valence-electron chi connectivity index (χ3n) is 2.63. The van der Waals surface area contributed by atoms with Gasteiger partial charge < -0.3 is 5.11 Å². The summed E-state index contributed by atoms with van der Waals surface area (Å²) >= 11 is 0. The van der Waals surface area contributed by atoms with E-state index in [0.29, 0.717) is 5.92 Å². The van der Waals surface area contributed by atoms with Gasteiger partial charge in [0.05, 0.1) is 5.69 Å². The molecule has 1 heterocycles. The van der Waals surface area contributed by atoms with E-state index in [-0.39, 0.29) is 5.75 Å². The minimum absolute atomic E-state index is 0.274. The van der Waals surface area contributed by atoms with Gasteiger partial charge in [0, 0.05) is 11.8 Å². The Labute approximate surface area is 95.6 Å². The molecule has 0 atom stereocenters. The minimum Gasteiger partial charge on any atom is -0.507 e. The lowest BCUT2D eigenvalue weighted by Gasteiger charge is -2.08. The van der Waals surface area contributed by atoms with Gasteiger partial charge in [0.2, 0.25) is 0 Å². The summed E-state index contributed by atoms with van der Waals surface area (Å²) in [6, 6.07) is 11.3.